The molecule has 0 amide bonds. The van der Waals surface area contributed by atoms with Gasteiger partial charge in [-0.1, -0.05) is 12.1 Å². The summed E-state index contributed by atoms with van der Waals surface area (Å²) in [5.74, 6) is 0. The van der Waals surface area contributed by atoms with E-state index in [9.17, 15) is 18.5 Å². The van der Waals surface area contributed by atoms with Crippen LogP contribution in [-0.4, -0.2) is 23.5 Å². The number of nitro benzene ring substituents is 1. The Morgan fingerprint density at radius 1 is 1.24 bits per heavy atom. The van der Waals surface area contributed by atoms with Crippen molar-refractivity contribution in [3.8, 4) is 0 Å². The lowest BCUT2D eigenvalue weighted by Gasteiger charge is -2.11. The Morgan fingerprint density at radius 3 is 2.38 bits per heavy atom. The van der Waals surface area contributed by atoms with Gasteiger partial charge in [0.2, 0.25) is 0 Å². The summed E-state index contributed by atoms with van der Waals surface area (Å²) in [5.41, 5.74) is 0.955. The number of hydrogen-bond acceptors (Lipinski definition) is 5. The van der Waals surface area contributed by atoms with Gasteiger partial charge in [0.05, 0.1) is 22.5 Å². The molecule has 2 rings (SSSR count). The summed E-state index contributed by atoms with van der Waals surface area (Å²) in [5, 5.41) is 17.5. The molecule has 1 heterocycles. The van der Waals surface area contributed by atoms with Gasteiger partial charge < -0.3 is 0 Å². The number of nitrogens with zero attached hydrogens (tertiary/aromatic N) is 2. The second kappa shape index (κ2) is 5.17. The number of nitro groups is 1. The van der Waals surface area contributed by atoms with Gasteiger partial charge in [-0.2, -0.15) is 5.10 Å². The van der Waals surface area contributed by atoms with E-state index in [-0.39, 0.29) is 16.1 Å². The maximum absolute atomic E-state index is 12.5. The smallest absolute Gasteiger partial charge is 0.281 e. The number of aromatic nitrogens is 2. The van der Waals surface area contributed by atoms with E-state index >= 15 is 0 Å². The highest BCUT2D eigenvalue weighted by atomic mass is 32.2. The molecular formula is C12H14N4O4S. The van der Waals surface area contributed by atoms with Gasteiger partial charge in [0.15, 0.2) is 4.90 Å². The number of hydrogen-bond donors (Lipinski definition) is 2. The summed E-state index contributed by atoms with van der Waals surface area (Å²) in [4.78, 5) is 10.2. The highest BCUT2D eigenvalue weighted by Gasteiger charge is 2.30. The zero-order valence-electron chi connectivity index (χ0n) is 11.7. The molecule has 0 aliphatic carbocycles. The number of anilines is 1. The van der Waals surface area contributed by atoms with E-state index in [2.05, 4.69) is 14.9 Å². The molecule has 0 bridgehead atoms. The average Bonchev–Trinajstić information content (AvgIpc) is 2.76. The molecular weight excluding hydrogens is 296 g/mol. The average molecular weight is 310 g/mol. The zero-order chi connectivity index (χ0) is 15.8. The molecule has 2 aromatic rings. The molecule has 0 aliphatic heterocycles. The molecule has 9 heteroatoms. The third kappa shape index (κ3) is 2.72. The van der Waals surface area contributed by atoms with Crippen LogP contribution in [0.1, 0.15) is 16.8 Å². The number of H-pyrrole nitrogens is 1. The standard InChI is InChI=1S/C12H14N4O4S/c1-7-4-5-8(2)12(11(7)16(17)18)21(19,20)15-10-6-13-14-9(10)3/h4-6,15H,1-3H3,(H,13,14). The van der Waals surface area contributed by atoms with Crippen LogP contribution >= 0.6 is 0 Å². The van der Waals surface area contributed by atoms with Crippen LogP contribution in [0.4, 0.5) is 11.4 Å². The van der Waals surface area contributed by atoms with Crippen LogP contribution in [0.25, 0.3) is 0 Å². The number of aryl methyl sites for hydroxylation is 3. The predicted octanol–water partition coefficient (Wildman–Crippen LogP) is 2.04. The summed E-state index contributed by atoms with van der Waals surface area (Å²) in [6, 6.07) is 3.06. The minimum atomic E-state index is -4.09. The van der Waals surface area contributed by atoms with Crippen LogP contribution in [0.5, 0.6) is 0 Å². The number of nitrogens with one attached hydrogen (secondary N) is 2. The van der Waals surface area contributed by atoms with Gasteiger partial charge in [0.1, 0.15) is 0 Å². The Kier molecular flexibility index (Phi) is 3.69. The second-order valence-corrected chi connectivity index (χ2v) is 6.27. The Bertz CT molecular complexity index is 811. The fourth-order valence-electron chi connectivity index (χ4n) is 1.99. The first-order valence-corrected chi connectivity index (χ1v) is 7.49. The monoisotopic (exact) mass is 310 g/mol. The molecule has 0 spiro atoms. The van der Waals surface area contributed by atoms with Crippen LogP contribution in [0, 0.1) is 30.9 Å². The fourth-order valence-corrected chi connectivity index (χ4v) is 3.57. The Hall–Kier alpha value is -2.42. The van der Waals surface area contributed by atoms with Crippen molar-refractivity contribution in [2.45, 2.75) is 25.7 Å². The third-order valence-electron chi connectivity index (χ3n) is 3.06. The van der Waals surface area contributed by atoms with Crippen molar-refractivity contribution in [3.63, 3.8) is 0 Å². The van der Waals surface area contributed by atoms with Gasteiger partial charge in [0.25, 0.3) is 15.7 Å². The molecule has 1 aromatic carbocycles. The van der Waals surface area contributed by atoms with Crippen molar-refractivity contribution < 1.29 is 13.3 Å². The maximum Gasteiger partial charge on any atom is 0.293 e. The van der Waals surface area contributed by atoms with Gasteiger partial charge in [-0.3, -0.25) is 19.9 Å². The van der Waals surface area contributed by atoms with Crippen LogP contribution in [0.15, 0.2) is 23.2 Å². The summed E-state index contributed by atoms with van der Waals surface area (Å²) in [6.45, 7) is 4.66. The molecule has 2 N–H and O–H groups in total. The van der Waals surface area contributed by atoms with Crippen molar-refractivity contribution in [2.24, 2.45) is 0 Å². The molecule has 112 valence electrons. The zero-order valence-corrected chi connectivity index (χ0v) is 12.5. The van der Waals surface area contributed by atoms with Crippen LogP contribution in [0.2, 0.25) is 0 Å². The van der Waals surface area contributed by atoms with Crippen molar-refractivity contribution in [1.82, 2.24) is 10.2 Å². The SMILES string of the molecule is Cc1ccc(C)c(S(=O)(=O)Nc2cn[nH]c2C)c1[N+](=O)[O-]. The second-order valence-electron chi connectivity index (χ2n) is 4.65. The largest absolute Gasteiger partial charge is 0.293 e. The van der Waals surface area contributed by atoms with E-state index in [0.29, 0.717) is 11.3 Å². The van der Waals surface area contributed by atoms with E-state index in [1.54, 1.807) is 13.0 Å². The molecule has 21 heavy (non-hydrogen) atoms. The Morgan fingerprint density at radius 2 is 1.86 bits per heavy atom. The number of benzene rings is 1. The van der Waals surface area contributed by atoms with Crippen LogP contribution < -0.4 is 4.72 Å². The molecule has 8 nitrogen and oxygen atoms in total. The van der Waals surface area contributed by atoms with Gasteiger partial charge in [-0.15, -0.1) is 0 Å². The molecule has 0 aliphatic rings. The predicted molar refractivity (Wildman–Crippen MR) is 76.7 cm³/mol. The van der Waals surface area contributed by atoms with Crippen molar-refractivity contribution in [1.29, 1.82) is 0 Å². The lowest BCUT2D eigenvalue weighted by atomic mass is 10.1. The fraction of sp³-hybridized carbons (Fsp3) is 0.250. The summed E-state index contributed by atoms with van der Waals surface area (Å²) < 4.78 is 27.3. The number of rotatable bonds is 4. The normalized spacial score (nSPS) is 11.4. The molecule has 0 saturated heterocycles. The van der Waals surface area contributed by atoms with Crippen LogP contribution in [0.3, 0.4) is 0 Å². The van der Waals surface area contributed by atoms with E-state index in [1.807, 2.05) is 0 Å². The number of sulfonamides is 1. The lowest BCUT2D eigenvalue weighted by Crippen LogP contribution is -2.17. The lowest BCUT2D eigenvalue weighted by molar-refractivity contribution is -0.388. The van der Waals surface area contributed by atoms with E-state index < -0.39 is 20.6 Å². The molecule has 0 atom stereocenters. The number of aromatic amines is 1. The van der Waals surface area contributed by atoms with E-state index in [1.165, 1.54) is 26.1 Å². The summed E-state index contributed by atoms with van der Waals surface area (Å²) in [7, 11) is -4.09. The highest BCUT2D eigenvalue weighted by Crippen LogP contribution is 2.32. The van der Waals surface area contributed by atoms with Crippen molar-refractivity contribution >= 4 is 21.4 Å². The van der Waals surface area contributed by atoms with Gasteiger partial charge >= 0.3 is 0 Å². The van der Waals surface area contributed by atoms with Crippen molar-refractivity contribution in [3.05, 3.63) is 45.3 Å². The quantitative estimate of drug-likeness (QED) is 0.661. The minimum absolute atomic E-state index is 0.255. The maximum atomic E-state index is 12.5. The summed E-state index contributed by atoms with van der Waals surface area (Å²) in [6.07, 6.45) is 1.31. The molecule has 0 unspecified atom stereocenters. The van der Waals surface area contributed by atoms with Crippen LogP contribution in [-0.2, 0) is 10.0 Å². The van der Waals surface area contributed by atoms with Crippen molar-refractivity contribution in [2.75, 3.05) is 4.72 Å². The molecule has 0 radical (unpaired) electrons. The van der Waals surface area contributed by atoms with Gasteiger partial charge in [-0.05, 0) is 26.3 Å². The van der Waals surface area contributed by atoms with Gasteiger partial charge in [-0.25, -0.2) is 8.42 Å². The third-order valence-corrected chi connectivity index (χ3v) is 4.60. The Balaban J connectivity index is 2.63. The molecule has 0 saturated carbocycles. The summed E-state index contributed by atoms with van der Waals surface area (Å²) >= 11 is 0. The first-order chi connectivity index (χ1) is 9.74. The minimum Gasteiger partial charge on any atom is -0.281 e. The first kappa shape index (κ1) is 15.0. The van der Waals surface area contributed by atoms with E-state index in [0.717, 1.165) is 0 Å². The first-order valence-electron chi connectivity index (χ1n) is 6.01. The molecule has 1 aromatic heterocycles. The topological polar surface area (TPSA) is 118 Å². The Labute approximate surface area is 121 Å². The van der Waals surface area contributed by atoms with E-state index in [4.69, 9.17) is 0 Å². The molecule has 0 fully saturated rings. The highest BCUT2D eigenvalue weighted by molar-refractivity contribution is 7.93. The van der Waals surface area contributed by atoms with Gasteiger partial charge in [0, 0.05) is 5.56 Å².